The Hall–Kier alpha value is -2.71. The molecular formula is C21H28F3NO5. The molecule has 30 heavy (non-hydrogen) atoms. The Morgan fingerprint density at radius 3 is 2.37 bits per heavy atom. The van der Waals surface area contributed by atoms with Crippen molar-refractivity contribution in [3.05, 3.63) is 36.4 Å². The van der Waals surface area contributed by atoms with Crippen LogP contribution >= 0.6 is 0 Å². The molecule has 1 rings (SSSR count). The molecule has 1 aromatic carbocycles. The summed E-state index contributed by atoms with van der Waals surface area (Å²) in [6, 6.07) is 3.77. The van der Waals surface area contributed by atoms with Gasteiger partial charge in [0.2, 0.25) is 0 Å². The Balaban J connectivity index is 2.61. The minimum atomic E-state index is -5.20. The van der Waals surface area contributed by atoms with Gasteiger partial charge in [-0.15, -0.1) is 6.58 Å². The van der Waals surface area contributed by atoms with Gasteiger partial charge in [0.05, 0.1) is 13.7 Å². The lowest BCUT2D eigenvalue weighted by Crippen LogP contribution is -2.41. The van der Waals surface area contributed by atoms with E-state index in [1.807, 2.05) is 6.08 Å². The quantitative estimate of drug-likeness (QED) is 0.285. The van der Waals surface area contributed by atoms with Crippen LogP contribution in [-0.2, 0) is 21.0 Å². The summed E-state index contributed by atoms with van der Waals surface area (Å²) in [7, 11) is 1.27. The standard InChI is InChI=1S/C21H28F3NO5/c1-3-4-5-6-7-8-9-10-11-19(27)30-25(20(28)21(22,23)24)15-16-12-13-17(26)18(14-16)29-2/h3,12-14,26H,1,4-11,15H2,2H3. The number of methoxy groups -OCH3 is 1. The number of halogens is 3. The first-order valence-corrected chi connectivity index (χ1v) is 9.75. The van der Waals surface area contributed by atoms with Gasteiger partial charge in [-0.05, 0) is 37.0 Å². The maximum Gasteiger partial charge on any atom is 0.474 e. The highest BCUT2D eigenvalue weighted by Gasteiger charge is 2.44. The molecule has 0 aliphatic rings. The van der Waals surface area contributed by atoms with Crippen molar-refractivity contribution in [2.24, 2.45) is 0 Å². The highest BCUT2D eigenvalue weighted by atomic mass is 19.4. The van der Waals surface area contributed by atoms with Crippen LogP contribution in [0.4, 0.5) is 13.2 Å². The summed E-state index contributed by atoms with van der Waals surface area (Å²) in [6.45, 7) is 3.02. The first kappa shape index (κ1) is 25.3. The van der Waals surface area contributed by atoms with E-state index in [1.54, 1.807) is 0 Å². The summed E-state index contributed by atoms with van der Waals surface area (Å²) in [6.07, 6.45) is 2.75. The van der Waals surface area contributed by atoms with Crippen LogP contribution in [0.25, 0.3) is 0 Å². The molecule has 0 aliphatic heterocycles. The number of benzene rings is 1. The van der Waals surface area contributed by atoms with E-state index in [1.165, 1.54) is 25.3 Å². The van der Waals surface area contributed by atoms with Gasteiger partial charge in [-0.2, -0.15) is 18.2 Å². The molecule has 6 nitrogen and oxygen atoms in total. The minimum Gasteiger partial charge on any atom is -0.504 e. The Morgan fingerprint density at radius 1 is 1.13 bits per heavy atom. The molecule has 1 amide bonds. The fourth-order valence-corrected chi connectivity index (χ4v) is 2.71. The number of carbonyl (C=O) groups excluding carboxylic acids is 2. The summed E-state index contributed by atoms with van der Waals surface area (Å²) in [5.41, 5.74) is 0.189. The average Bonchev–Trinajstić information content (AvgIpc) is 2.69. The van der Waals surface area contributed by atoms with E-state index in [0.717, 1.165) is 38.5 Å². The SMILES string of the molecule is C=CCCCCCCCCC(=O)ON(Cc1ccc(O)c(OC)c1)C(=O)C(F)(F)F. The smallest absolute Gasteiger partial charge is 0.474 e. The van der Waals surface area contributed by atoms with Crippen LogP contribution in [0.5, 0.6) is 11.5 Å². The Morgan fingerprint density at radius 2 is 1.77 bits per heavy atom. The number of hydrogen-bond donors (Lipinski definition) is 1. The number of alkyl halides is 3. The summed E-state index contributed by atoms with van der Waals surface area (Å²) < 4.78 is 43.6. The van der Waals surface area contributed by atoms with Crippen LogP contribution in [-0.4, -0.2) is 35.3 Å². The van der Waals surface area contributed by atoms with Crippen molar-refractivity contribution >= 4 is 11.9 Å². The molecule has 1 N–H and O–H groups in total. The molecule has 0 spiro atoms. The minimum absolute atomic E-state index is 0.0105. The number of amides is 1. The van der Waals surface area contributed by atoms with E-state index in [4.69, 9.17) is 9.57 Å². The maximum absolute atomic E-state index is 12.9. The molecule has 0 heterocycles. The highest BCUT2D eigenvalue weighted by Crippen LogP contribution is 2.28. The molecular weight excluding hydrogens is 403 g/mol. The number of ether oxygens (including phenoxy) is 1. The third-order valence-corrected chi connectivity index (χ3v) is 4.29. The van der Waals surface area contributed by atoms with E-state index in [2.05, 4.69) is 6.58 Å². The average molecular weight is 431 g/mol. The predicted molar refractivity (Wildman–Crippen MR) is 104 cm³/mol. The second-order valence-corrected chi connectivity index (χ2v) is 6.76. The Bertz CT molecular complexity index is 706. The lowest BCUT2D eigenvalue weighted by atomic mass is 10.1. The van der Waals surface area contributed by atoms with Crippen LogP contribution in [0.15, 0.2) is 30.9 Å². The summed E-state index contributed by atoms with van der Waals surface area (Å²) in [4.78, 5) is 28.3. The first-order chi connectivity index (χ1) is 14.2. The molecule has 0 aromatic heterocycles. The van der Waals surface area contributed by atoms with Crippen molar-refractivity contribution in [1.29, 1.82) is 0 Å². The number of aromatic hydroxyl groups is 1. The van der Waals surface area contributed by atoms with Crippen LogP contribution in [0, 0.1) is 0 Å². The van der Waals surface area contributed by atoms with Crippen molar-refractivity contribution in [1.82, 2.24) is 5.06 Å². The maximum atomic E-state index is 12.9. The van der Waals surface area contributed by atoms with E-state index in [9.17, 15) is 27.9 Å². The van der Waals surface area contributed by atoms with Crippen molar-refractivity contribution < 1.29 is 37.4 Å². The number of allylic oxidation sites excluding steroid dienone is 1. The van der Waals surface area contributed by atoms with Crippen LogP contribution < -0.4 is 4.74 Å². The molecule has 168 valence electrons. The van der Waals surface area contributed by atoms with Gasteiger partial charge in [0.15, 0.2) is 11.5 Å². The van der Waals surface area contributed by atoms with Gasteiger partial charge < -0.3 is 14.7 Å². The number of carbonyl (C=O) groups is 2. The molecule has 9 heteroatoms. The number of hydroxylamine groups is 2. The molecule has 0 saturated carbocycles. The topological polar surface area (TPSA) is 76.1 Å². The fraction of sp³-hybridized carbons (Fsp3) is 0.524. The monoisotopic (exact) mass is 431 g/mol. The number of rotatable bonds is 12. The largest absolute Gasteiger partial charge is 0.504 e. The number of phenolic OH excluding ortho intramolecular Hbond substituents is 1. The third-order valence-electron chi connectivity index (χ3n) is 4.29. The molecule has 0 bridgehead atoms. The molecule has 0 saturated heterocycles. The van der Waals surface area contributed by atoms with Gasteiger partial charge in [-0.25, -0.2) is 4.79 Å². The molecule has 1 aromatic rings. The van der Waals surface area contributed by atoms with E-state index in [0.29, 0.717) is 6.42 Å². The molecule has 0 unspecified atom stereocenters. The summed E-state index contributed by atoms with van der Waals surface area (Å²) in [5.74, 6) is -3.39. The second kappa shape index (κ2) is 12.8. The van der Waals surface area contributed by atoms with Crippen LogP contribution in [0.1, 0.15) is 56.9 Å². The number of unbranched alkanes of at least 4 members (excludes halogenated alkanes) is 6. The third kappa shape index (κ3) is 9.19. The van der Waals surface area contributed by atoms with Gasteiger partial charge >= 0.3 is 18.1 Å². The summed E-state index contributed by atoms with van der Waals surface area (Å²) in [5, 5.41) is 9.57. The van der Waals surface area contributed by atoms with E-state index in [-0.39, 0.29) is 28.5 Å². The Labute approximate surface area is 174 Å². The molecule has 0 fully saturated rings. The fourth-order valence-electron chi connectivity index (χ4n) is 2.71. The summed E-state index contributed by atoms with van der Waals surface area (Å²) >= 11 is 0. The lowest BCUT2D eigenvalue weighted by Gasteiger charge is -2.22. The molecule has 0 aliphatic carbocycles. The zero-order chi connectivity index (χ0) is 22.6. The van der Waals surface area contributed by atoms with E-state index >= 15 is 0 Å². The highest BCUT2D eigenvalue weighted by molar-refractivity contribution is 5.82. The number of nitrogens with zero attached hydrogens (tertiary/aromatic N) is 1. The van der Waals surface area contributed by atoms with Crippen LogP contribution in [0.2, 0.25) is 0 Å². The van der Waals surface area contributed by atoms with Crippen molar-refractivity contribution in [2.45, 2.75) is 64.1 Å². The van der Waals surface area contributed by atoms with Gasteiger partial charge in [0, 0.05) is 6.42 Å². The van der Waals surface area contributed by atoms with Crippen molar-refractivity contribution in [3.8, 4) is 11.5 Å². The predicted octanol–water partition coefficient (Wildman–Crippen LogP) is 5.06. The molecule has 0 atom stereocenters. The zero-order valence-electron chi connectivity index (χ0n) is 17.0. The van der Waals surface area contributed by atoms with Crippen LogP contribution in [0.3, 0.4) is 0 Å². The second-order valence-electron chi connectivity index (χ2n) is 6.76. The zero-order valence-corrected chi connectivity index (χ0v) is 17.0. The van der Waals surface area contributed by atoms with Gasteiger partial charge in [0.1, 0.15) is 0 Å². The van der Waals surface area contributed by atoms with Gasteiger partial charge in [-0.1, -0.05) is 37.8 Å². The Kier molecular flexibility index (Phi) is 10.8. The normalized spacial score (nSPS) is 11.1. The lowest BCUT2D eigenvalue weighted by molar-refractivity contribution is -0.231. The first-order valence-electron chi connectivity index (χ1n) is 9.75. The van der Waals surface area contributed by atoms with Crippen molar-refractivity contribution in [2.75, 3.05) is 7.11 Å². The van der Waals surface area contributed by atoms with Crippen molar-refractivity contribution in [3.63, 3.8) is 0 Å². The number of hydrogen-bond acceptors (Lipinski definition) is 5. The van der Waals surface area contributed by atoms with Gasteiger partial charge in [-0.3, -0.25) is 4.79 Å². The molecule has 0 radical (unpaired) electrons. The van der Waals surface area contributed by atoms with E-state index < -0.39 is 24.6 Å². The number of phenols is 1. The van der Waals surface area contributed by atoms with Gasteiger partial charge in [0.25, 0.3) is 0 Å².